The zero-order chi connectivity index (χ0) is 25.7. The summed E-state index contributed by atoms with van der Waals surface area (Å²) in [6, 6.07) is 12.7. The standard InChI is InChI=1S/C28H26Cl2N2O3S2/c29-21-6-5-20(22(30)11-21)15-35-23-4-2-1-3-19(23)10-24-25(33)32(27(36)37-24)31-26(34)28-12-16-7-17(13-28)9-18(8-16)14-28/h1-6,10-11,16-18H,7-9,12-15H2,(H,31,34)/b24-10+. The number of rotatable bonds is 6. The first-order valence-electron chi connectivity index (χ1n) is 12.5. The van der Waals surface area contributed by atoms with E-state index in [0.717, 1.165) is 30.4 Å². The fourth-order valence-corrected chi connectivity index (χ4v) is 8.47. The van der Waals surface area contributed by atoms with Gasteiger partial charge in [0.15, 0.2) is 4.32 Å². The summed E-state index contributed by atoms with van der Waals surface area (Å²) in [5.41, 5.74) is 4.09. The highest BCUT2D eigenvalue weighted by Crippen LogP contribution is 2.60. The van der Waals surface area contributed by atoms with Gasteiger partial charge in [-0.2, -0.15) is 5.01 Å². The molecule has 5 fully saturated rings. The van der Waals surface area contributed by atoms with Crippen molar-refractivity contribution in [3.8, 4) is 5.75 Å². The van der Waals surface area contributed by atoms with Gasteiger partial charge in [0.25, 0.3) is 5.91 Å². The van der Waals surface area contributed by atoms with Crippen molar-refractivity contribution in [1.29, 1.82) is 0 Å². The molecule has 4 aliphatic carbocycles. The minimum Gasteiger partial charge on any atom is -0.488 e. The third-order valence-corrected chi connectivity index (χ3v) is 10.0. The SMILES string of the molecule is O=C1/C(=C\c2ccccc2OCc2ccc(Cl)cc2Cl)SC(=S)N1NC(=O)C12CC3CC(CC(C3)C1)C2. The lowest BCUT2D eigenvalue weighted by Crippen LogP contribution is -2.57. The number of thioether (sulfide) groups is 1. The molecule has 0 spiro atoms. The summed E-state index contributed by atoms with van der Waals surface area (Å²) in [6.07, 6.45) is 8.30. The molecular formula is C28H26Cl2N2O3S2. The number of nitrogens with one attached hydrogen (secondary N) is 1. The largest absolute Gasteiger partial charge is 0.488 e. The fraction of sp³-hybridized carbons (Fsp3) is 0.393. The Morgan fingerprint density at radius 2 is 1.78 bits per heavy atom. The van der Waals surface area contributed by atoms with Crippen LogP contribution in [-0.4, -0.2) is 21.1 Å². The van der Waals surface area contributed by atoms with Crippen molar-refractivity contribution >= 4 is 69.4 Å². The zero-order valence-electron chi connectivity index (χ0n) is 20.0. The number of para-hydroxylation sites is 1. The second-order valence-electron chi connectivity index (χ2n) is 10.7. The van der Waals surface area contributed by atoms with Crippen LogP contribution in [0.2, 0.25) is 10.0 Å². The summed E-state index contributed by atoms with van der Waals surface area (Å²) in [7, 11) is 0. The zero-order valence-corrected chi connectivity index (χ0v) is 23.2. The molecule has 1 aliphatic heterocycles. The Labute approximate surface area is 235 Å². The molecule has 7 rings (SSSR count). The molecule has 2 amide bonds. The predicted molar refractivity (Wildman–Crippen MR) is 151 cm³/mol. The van der Waals surface area contributed by atoms with Crippen molar-refractivity contribution in [2.45, 2.75) is 45.1 Å². The van der Waals surface area contributed by atoms with E-state index in [1.165, 1.54) is 36.0 Å². The predicted octanol–water partition coefficient (Wildman–Crippen LogP) is 7.02. The van der Waals surface area contributed by atoms with Gasteiger partial charge in [0.1, 0.15) is 12.4 Å². The van der Waals surface area contributed by atoms with Gasteiger partial charge in [-0.15, -0.1) is 0 Å². The molecule has 1 heterocycles. The first-order chi connectivity index (χ1) is 17.8. The van der Waals surface area contributed by atoms with Crippen LogP contribution in [0, 0.1) is 23.2 Å². The van der Waals surface area contributed by atoms with Gasteiger partial charge in [0.2, 0.25) is 5.91 Å². The van der Waals surface area contributed by atoms with Crippen molar-refractivity contribution in [3.63, 3.8) is 0 Å². The summed E-state index contributed by atoms with van der Waals surface area (Å²) in [5, 5.41) is 2.34. The molecule has 2 aromatic carbocycles. The van der Waals surface area contributed by atoms with Gasteiger partial charge in [0.05, 0.1) is 10.3 Å². The highest BCUT2D eigenvalue weighted by Gasteiger charge is 2.55. The van der Waals surface area contributed by atoms with Gasteiger partial charge >= 0.3 is 0 Å². The van der Waals surface area contributed by atoms with Crippen LogP contribution in [0.4, 0.5) is 0 Å². The van der Waals surface area contributed by atoms with E-state index in [9.17, 15) is 9.59 Å². The maximum absolute atomic E-state index is 13.5. The summed E-state index contributed by atoms with van der Waals surface area (Å²) in [4.78, 5) is 27.3. The summed E-state index contributed by atoms with van der Waals surface area (Å²) < 4.78 is 6.37. The van der Waals surface area contributed by atoms with Gasteiger partial charge < -0.3 is 4.74 Å². The molecular weight excluding hydrogens is 547 g/mol. The topological polar surface area (TPSA) is 58.6 Å². The number of hydrogen-bond acceptors (Lipinski definition) is 5. The van der Waals surface area contributed by atoms with Gasteiger partial charge in [-0.05, 0) is 92.8 Å². The van der Waals surface area contributed by atoms with Crippen LogP contribution in [0.25, 0.3) is 6.08 Å². The van der Waals surface area contributed by atoms with E-state index in [2.05, 4.69) is 5.43 Å². The Morgan fingerprint density at radius 1 is 1.11 bits per heavy atom. The van der Waals surface area contributed by atoms with Crippen LogP contribution >= 0.6 is 47.2 Å². The average Bonchev–Trinajstić information content (AvgIpc) is 3.11. The summed E-state index contributed by atoms with van der Waals surface area (Å²) in [5.74, 6) is 2.17. The number of carbonyl (C=O) groups is 2. The van der Waals surface area contributed by atoms with E-state index < -0.39 is 0 Å². The Kier molecular flexibility index (Phi) is 6.76. The normalized spacial score (nSPS) is 29.3. The van der Waals surface area contributed by atoms with Gasteiger partial charge in [-0.3, -0.25) is 15.0 Å². The number of carbonyl (C=O) groups excluding carboxylic acids is 2. The van der Waals surface area contributed by atoms with E-state index in [1.54, 1.807) is 18.2 Å². The Bertz CT molecular complexity index is 1290. The molecule has 1 N–H and O–H groups in total. The molecule has 37 heavy (non-hydrogen) atoms. The second-order valence-corrected chi connectivity index (χ2v) is 13.2. The Morgan fingerprint density at radius 3 is 2.46 bits per heavy atom. The summed E-state index contributed by atoms with van der Waals surface area (Å²) in [6.45, 7) is 0.253. The number of amides is 2. The quantitative estimate of drug-likeness (QED) is 0.297. The van der Waals surface area contributed by atoms with E-state index in [0.29, 0.717) is 42.8 Å². The Balaban J connectivity index is 1.17. The number of nitrogens with zero attached hydrogens (tertiary/aromatic N) is 1. The maximum Gasteiger partial charge on any atom is 0.285 e. The van der Waals surface area contributed by atoms with E-state index >= 15 is 0 Å². The lowest BCUT2D eigenvalue weighted by Gasteiger charge is -2.55. The Hall–Kier alpha value is -2.06. The van der Waals surface area contributed by atoms with Gasteiger partial charge in [-0.1, -0.05) is 59.2 Å². The van der Waals surface area contributed by atoms with Crippen LogP contribution in [0.3, 0.4) is 0 Å². The van der Waals surface area contributed by atoms with Gasteiger partial charge in [-0.25, -0.2) is 0 Å². The first-order valence-corrected chi connectivity index (χ1v) is 14.5. The average molecular weight is 574 g/mol. The van der Waals surface area contributed by atoms with E-state index in [1.807, 2.05) is 30.3 Å². The molecule has 2 aromatic rings. The van der Waals surface area contributed by atoms with E-state index in [-0.39, 0.29) is 23.8 Å². The molecule has 5 nitrogen and oxygen atoms in total. The number of thiocarbonyl (C=S) groups is 1. The fourth-order valence-electron chi connectivity index (χ4n) is 6.84. The van der Waals surface area contributed by atoms with Crippen molar-refractivity contribution in [2.24, 2.45) is 23.2 Å². The molecule has 0 atom stereocenters. The van der Waals surface area contributed by atoms with Crippen molar-refractivity contribution in [2.75, 3.05) is 0 Å². The molecule has 4 bridgehead atoms. The van der Waals surface area contributed by atoms with Crippen molar-refractivity contribution in [1.82, 2.24) is 10.4 Å². The number of ether oxygens (including phenoxy) is 1. The molecule has 0 unspecified atom stereocenters. The van der Waals surface area contributed by atoms with Crippen LogP contribution < -0.4 is 10.2 Å². The monoisotopic (exact) mass is 572 g/mol. The number of hydrazine groups is 1. The maximum atomic E-state index is 13.5. The van der Waals surface area contributed by atoms with Crippen LogP contribution in [0.5, 0.6) is 5.75 Å². The minimum atomic E-state index is -0.356. The van der Waals surface area contributed by atoms with Crippen LogP contribution in [0.15, 0.2) is 47.4 Å². The third-order valence-electron chi connectivity index (χ3n) is 8.13. The lowest BCUT2D eigenvalue weighted by molar-refractivity contribution is -0.152. The first kappa shape index (κ1) is 25.2. The smallest absolute Gasteiger partial charge is 0.285 e. The van der Waals surface area contributed by atoms with Gasteiger partial charge in [0, 0.05) is 21.2 Å². The molecule has 4 saturated carbocycles. The number of hydrogen-bond donors (Lipinski definition) is 1. The van der Waals surface area contributed by atoms with Crippen LogP contribution in [-0.2, 0) is 16.2 Å². The second kappa shape index (κ2) is 9.92. The lowest BCUT2D eigenvalue weighted by atomic mass is 9.49. The molecule has 0 radical (unpaired) electrons. The van der Waals surface area contributed by atoms with E-state index in [4.69, 9.17) is 40.2 Å². The summed E-state index contributed by atoms with van der Waals surface area (Å²) >= 11 is 19.0. The molecule has 9 heteroatoms. The van der Waals surface area contributed by atoms with Crippen LogP contribution in [0.1, 0.15) is 49.7 Å². The highest BCUT2D eigenvalue weighted by atomic mass is 35.5. The third kappa shape index (κ3) is 4.91. The molecule has 192 valence electrons. The minimum absolute atomic E-state index is 0.0484. The molecule has 0 aromatic heterocycles. The highest BCUT2D eigenvalue weighted by molar-refractivity contribution is 8.26. The number of benzene rings is 2. The molecule has 5 aliphatic rings. The number of halogens is 2. The molecule has 1 saturated heterocycles. The van der Waals surface area contributed by atoms with Crippen molar-refractivity contribution in [3.05, 3.63) is 68.5 Å². The van der Waals surface area contributed by atoms with Crippen molar-refractivity contribution < 1.29 is 14.3 Å².